The number of hydrogen-bond acceptors (Lipinski definition) is 6. The molecule has 0 bridgehead atoms. The molecule has 0 aliphatic heterocycles. The summed E-state index contributed by atoms with van der Waals surface area (Å²) in [7, 11) is 0. The lowest BCUT2D eigenvalue weighted by atomic mass is 10.2. The summed E-state index contributed by atoms with van der Waals surface area (Å²) < 4.78 is 0. The second kappa shape index (κ2) is 5.78. The number of fused-ring (bicyclic) bond motifs is 1. The summed E-state index contributed by atoms with van der Waals surface area (Å²) in [5.74, 6) is 0.463. The maximum absolute atomic E-state index is 10.8. The standard InChI is InChI=1S/C11H12N6O3/c12-11(18)14-4-3-13-10-8-5-7(17(19)20)1-2-9(8)15-6-16-10/h1-2,5-6H,3-4H2,(H3,12,14,18)(H,13,15,16). The van der Waals surface area contributed by atoms with E-state index in [1.54, 1.807) is 6.07 Å². The van der Waals surface area contributed by atoms with E-state index < -0.39 is 11.0 Å². The van der Waals surface area contributed by atoms with Gasteiger partial charge in [-0.15, -0.1) is 0 Å². The molecule has 4 N–H and O–H groups in total. The summed E-state index contributed by atoms with van der Waals surface area (Å²) in [5, 5.41) is 16.7. The first-order valence-corrected chi connectivity index (χ1v) is 5.74. The molecule has 2 amide bonds. The predicted octanol–water partition coefficient (Wildman–Crippen LogP) is 0.618. The van der Waals surface area contributed by atoms with E-state index in [0.717, 1.165) is 0 Å². The smallest absolute Gasteiger partial charge is 0.312 e. The first-order chi connectivity index (χ1) is 9.58. The zero-order valence-corrected chi connectivity index (χ0v) is 10.4. The van der Waals surface area contributed by atoms with E-state index in [9.17, 15) is 14.9 Å². The van der Waals surface area contributed by atoms with E-state index in [1.165, 1.54) is 18.5 Å². The van der Waals surface area contributed by atoms with E-state index in [4.69, 9.17) is 5.73 Å². The molecular formula is C11H12N6O3. The topological polar surface area (TPSA) is 136 Å². The normalized spacial score (nSPS) is 10.2. The highest BCUT2D eigenvalue weighted by atomic mass is 16.6. The number of primary amides is 1. The van der Waals surface area contributed by atoms with Crippen molar-refractivity contribution in [3.05, 3.63) is 34.6 Å². The molecule has 1 aromatic heterocycles. The monoisotopic (exact) mass is 276 g/mol. The summed E-state index contributed by atoms with van der Waals surface area (Å²) in [6, 6.07) is 3.73. The largest absolute Gasteiger partial charge is 0.368 e. The van der Waals surface area contributed by atoms with Crippen LogP contribution in [0.15, 0.2) is 24.5 Å². The van der Waals surface area contributed by atoms with Crippen LogP contribution in [0, 0.1) is 10.1 Å². The number of nitrogens with zero attached hydrogens (tertiary/aromatic N) is 3. The van der Waals surface area contributed by atoms with Crippen molar-refractivity contribution < 1.29 is 9.72 Å². The predicted molar refractivity (Wildman–Crippen MR) is 72.3 cm³/mol. The molecule has 1 heterocycles. The number of nitrogens with one attached hydrogen (secondary N) is 2. The maximum Gasteiger partial charge on any atom is 0.312 e. The Labute approximate surface area is 113 Å². The third kappa shape index (κ3) is 3.07. The fourth-order valence-electron chi connectivity index (χ4n) is 1.67. The molecule has 0 atom stereocenters. The molecule has 0 spiro atoms. The molecule has 9 nitrogen and oxygen atoms in total. The number of nitro groups is 1. The number of benzene rings is 1. The molecule has 0 aliphatic carbocycles. The van der Waals surface area contributed by atoms with Gasteiger partial charge >= 0.3 is 6.03 Å². The number of carbonyl (C=O) groups is 1. The Morgan fingerprint density at radius 3 is 2.85 bits per heavy atom. The van der Waals surface area contributed by atoms with Crippen LogP contribution in [-0.2, 0) is 0 Å². The number of rotatable bonds is 5. The number of hydrogen-bond donors (Lipinski definition) is 3. The maximum atomic E-state index is 10.8. The lowest BCUT2D eigenvalue weighted by Crippen LogP contribution is -2.33. The number of aromatic nitrogens is 2. The Balaban J connectivity index is 2.21. The van der Waals surface area contributed by atoms with Gasteiger partial charge in [0, 0.05) is 30.6 Å². The zero-order chi connectivity index (χ0) is 14.5. The summed E-state index contributed by atoms with van der Waals surface area (Å²) in [5.41, 5.74) is 5.49. The summed E-state index contributed by atoms with van der Waals surface area (Å²) in [6.07, 6.45) is 1.36. The summed E-state index contributed by atoms with van der Waals surface area (Å²) >= 11 is 0. The van der Waals surface area contributed by atoms with Crippen molar-refractivity contribution in [2.75, 3.05) is 18.4 Å². The van der Waals surface area contributed by atoms with E-state index in [-0.39, 0.29) is 5.69 Å². The average molecular weight is 276 g/mol. The molecule has 2 rings (SSSR count). The van der Waals surface area contributed by atoms with E-state index >= 15 is 0 Å². The molecule has 104 valence electrons. The fourth-order valence-corrected chi connectivity index (χ4v) is 1.67. The van der Waals surface area contributed by atoms with Gasteiger partial charge in [-0.1, -0.05) is 0 Å². The number of nitrogens with two attached hydrogens (primary N) is 1. The van der Waals surface area contributed by atoms with Gasteiger partial charge in [0.25, 0.3) is 5.69 Å². The van der Waals surface area contributed by atoms with Crippen LogP contribution in [0.1, 0.15) is 0 Å². The van der Waals surface area contributed by atoms with Crippen molar-refractivity contribution in [2.45, 2.75) is 0 Å². The van der Waals surface area contributed by atoms with Gasteiger partial charge in [-0.25, -0.2) is 14.8 Å². The molecule has 1 aromatic carbocycles. The third-order valence-electron chi connectivity index (χ3n) is 2.55. The highest BCUT2D eigenvalue weighted by Crippen LogP contribution is 2.23. The SMILES string of the molecule is NC(=O)NCCNc1ncnc2ccc([N+](=O)[O-])cc12. The van der Waals surface area contributed by atoms with Crippen LogP contribution in [0.4, 0.5) is 16.3 Å². The van der Waals surface area contributed by atoms with Crippen LogP contribution >= 0.6 is 0 Å². The minimum atomic E-state index is -0.616. The van der Waals surface area contributed by atoms with Gasteiger partial charge in [0.2, 0.25) is 0 Å². The first-order valence-electron chi connectivity index (χ1n) is 5.74. The van der Waals surface area contributed by atoms with Crippen molar-refractivity contribution in [2.24, 2.45) is 5.73 Å². The summed E-state index contributed by atoms with van der Waals surface area (Å²) in [6.45, 7) is 0.702. The average Bonchev–Trinajstić information content (AvgIpc) is 2.42. The van der Waals surface area contributed by atoms with Crippen molar-refractivity contribution in [3.63, 3.8) is 0 Å². The minimum absolute atomic E-state index is 0.0365. The van der Waals surface area contributed by atoms with Crippen molar-refractivity contribution in [1.29, 1.82) is 0 Å². The highest BCUT2D eigenvalue weighted by molar-refractivity contribution is 5.90. The molecule has 20 heavy (non-hydrogen) atoms. The lowest BCUT2D eigenvalue weighted by Gasteiger charge is -2.08. The number of carbonyl (C=O) groups excluding carboxylic acids is 1. The molecular weight excluding hydrogens is 264 g/mol. The number of nitro benzene ring substituents is 1. The Morgan fingerprint density at radius 1 is 1.35 bits per heavy atom. The molecule has 0 unspecified atom stereocenters. The third-order valence-corrected chi connectivity index (χ3v) is 2.55. The van der Waals surface area contributed by atoms with E-state index in [1.807, 2.05) is 0 Å². The molecule has 0 fully saturated rings. The van der Waals surface area contributed by atoms with Gasteiger partial charge < -0.3 is 16.4 Å². The number of non-ortho nitro benzene ring substituents is 1. The van der Waals surface area contributed by atoms with Crippen molar-refractivity contribution >= 4 is 28.4 Å². The molecule has 9 heteroatoms. The van der Waals surface area contributed by atoms with Gasteiger partial charge in [-0.3, -0.25) is 10.1 Å². The van der Waals surface area contributed by atoms with Crippen LogP contribution in [0.25, 0.3) is 10.9 Å². The van der Waals surface area contributed by atoms with Gasteiger partial charge in [0.15, 0.2) is 0 Å². The number of amides is 2. The molecule has 0 radical (unpaired) electrons. The van der Waals surface area contributed by atoms with Crippen LogP contribution in [-0.4, -0.2) is 34.0 Å². The van der Waals surface area contributed by atoms with Gasteiger partial charge in [-0.2, -0.15) is 0 Å². The van der Waals surface area contributed by atoms with Gasteiger partial charge in [0.05, 0.1) is 10.4 Å². The molecule has 0 saturated carbocycles. The Morgan fingerprint density at radius 2 is 2.15 bits per heavy atom. The Kier molecular flexibility index (Phi) is 3.89. The fraction of sp³-hybridized carbons (Fsp3) is 0.182. The van der Waals surface area contributed by atoms with Crippen LogP contribution in [0.2, 0.25) is 0 Å². The Hall–Kier alpha value is -2.97. The van der Waals surface area contributed by atoms with Gasteiger partial charge in [0.1, 0.15) is 12.1 Å². The zero-order valence-electron chi connectivity index (χ0n) is 10.4. The molecule has 0 saturated heterocycles. The quantitative estimate of drug-likeness (QED) is 0.416. The first kappa shape index (κ1) is 13.5. The van der Waals surface area contributed by atoms with Crippen LogP contribution < -0.4 is 16.4 Å². The molecule has 2 aromatic rings. The number of urea groups is 1. The summed E-state index contributed by atoms with van der Waals surface area (Å²) in [4.78, 5) is 28.9. The molecule has 0 aliphatic rings. The van der Waals surface area contributed by atoms with Gasteiger partial charge in [-0.05, 0) is 6.07 Å². The van der Waals surface area contributed by atoms with E-state index in [0.29, 0.717) is 29.8 Å². The van der Waals surface area contributed by atoms with Crippen molar-refractivity contribution in [1.82, 2.24) is 15.3 Å². The van der Waals surface area contributed by atoms with Crippen LogP contribution in [0.5, 0.6) is 0 Å². The lowest BCUT2D eigenvalue weighted by molar-refractivity contribution is -0.384. The van der Waals surface area contributed by atoms with Crippen LogP contribution in [0.3, 0.4) is 0 Å². The minimum Gasteiger partial charge on any atom is -0.368 e. The second-order valence-corrected chi connectivity index (χ2v) is 3.90. The highest BCUT2D eigenvalue weighted by Gasteiger charge is 2.10. The number of anilines is 1. The second-order valence-electron chi connectivity index (χ2n) is 3.90. The van der Waals surface area contributed by atoms with E-state index in [2.05, 4.69) is 20.6 Å². The van der Waals surface area contributed by atoms with Crippen molar-refractivity contribution in [3.8, 4) is 0 Å². The Bertz CT molecular complexity index is 660.